The van der Waals surface area contributed by atoms with Gasteiger partial charge in [-0.2, -0.15) is 0 Å². The van der Waals surface area contributed by atoms with Crippen LogP contribution in [0.4, 0.5) is 0 Å². The van der Waals surface area contributed by atoms with Crippen molar-refractivity contribution < 1.29 is 4.79 Å². The molecule has 0 spiro atoms. The van der Waals surface area contributed by atoms with Gasteiger partial charge in [-0.3, -0.25) is 4.79 Å². The first-order chi connectivity index (χ1) is 13.6. The molecule has 1 aromatic carbocycles. The van der Waals surface area contributed by atoms with E-state index < -0.39 is 0 Å². The van der Waals surface area contributed by atoms with E-state index in [0.29, 0.717) is 12.6 Å². The highest BCUT2D eigenvalue weighted by atomic mass is 16.1. The van der Waals surface area contributed by atoms with Gasteiger partial charge in [-0.1, -0.05) is 51.2 Å². The number of rotatable bonds is 9. The summed E-state index contributed by atoms with van der Waals surface area (Å²) in [6.45, 7) is 6.85. The minimum absolute atomic E-state index is 0.209. The highest BCUT2D eigenvalue weighted by Crippen LogP contribution is 2.23. The SMILES string of the molecule is CCCCCc1ccc(-n2c(C)cc(C(=O)CNC3CCCCC3)c2C)cc1. The molecule has 2 aromatic rings. The number of ketones is 1. The summed E-state index contributed by atoms with van der Waals surface area (Å²) in [5.74, 6) is 0.209. The van der Waals surface area contributed by atoms with Crippen molar-refractivity contribution >= 4 is 5.78 Å². The molecule has 1 heterocycles. The van der Waals surface area contributed by atoms with Gasteiger partial charge < -0.3 is 9.88 Å². The van der Waals surface area contributed by atoms with Gasteiger partial charge in [0.05, 0.1) is 6.54 Å². The van der Waals surface area contributed by atoms with Crippen LogP contribution in [0.2, 0.25) is 0 Å². The van der Waals surface area contributed by atoms with E-state index >= 15 is 0 Å². The van der Waals surface area contributed by atoms with E-state index in [0.717, 1.165) is 29.1 Å². The van der Waals surface area contributed by atoms with E-state index in [1.54, 1.807) is 0 Å². The Labute approximate surface area is 170 Å². The number of hydrogen-bond acceptors (Lipinski definition) is 2. The zero-order chi connectivity index (χ0) is 19.9. The fraction of sp³-hybridized carbons (Fsp3) is 0.560. The zero-order valence-electron chi connectivity index (χ0n) is 17.9. The first-order valence-corrected chi connectivity index (χ1v) is 11.1. The van der Waals surface area contributed by atoms with E-state index in [1.807, 2.05) is 0 Å². The zero-order valence-corrected chi connectivity index (χ0v) is 17.9. The van der Waals surface area contributed by atoms with Gasteiger partial charge in [0.1, 0.15) is 0 Å². The van der Waals surface area contributed by atoms with Gasteiger partial charge in [-0.25, -0.2) is 0 Å². The molecule has 1 N–H and O–H groups in total. The number of benzene rings is 1. The van der Waals surface area contributed by atoms with Gasteiger partial charge in [0.15, 0.2) is 5.78 Å². The van der Waals surface area contributed by atoms with Gasteiger partial charge >= 0.3 is 0 Å². The minimum Gasteiger partial charge on any atom is -0.318 e. The first kappa shape index (κ1) is 20.9. The third-order valence-electron chi connectivity index (χ3n) is 6.15. The van der Waals surface area contributed by atoms with E-state index in [4.69, 9.17) is 0 Å². The van der Waals surface area contributed by atoms with Gasteiger partial charge in [0.2, 0.25) is 0 Å². The number of carbonyl (C=O) groups excluding carboxylic acids is 1. The second kappa shape index (κ2) is 10.1. The molecule has 1 fully saturated rings. The molecular formula is C25H36N2O. The molecule has 0 amide bonds. The fourth-order valence-corrected chi connectivity index (χ4v) is 4.47. The molecule has 3 heteroatoms. The Morgan fingerprint density at radius 1 is 1.07 bits per heavy atom. The first-order valence-electron chi connectivity index (χ1n) is 11.1. The quantitative estimate of drug-likeness (QED) is 0.432. The highest BCUT2D eigenvalue weighted by molar-refractivity contribution is 5.99. The van der Waals surface area contributed by atoms with Crippen LogP contribution in [0.25, 0.3) is 5.69 Å². The molecular weight excluding hydrogens is 344 g/mol. The Morgan fingerprint density at radius 3 is 2.46 bits per heavy atom. The number of hydrogen-bond donors (Lipinski definition) is 1. The van der Waals surface area contributed by atoms with E-state index in [2.05, 4.69) is 61.0 Å². The maximum Gasteiger partial charge on any atom is 0.178 e. The van der Waals surface area contributed by atoms with Crippen molar-refractivity contribution in [2.24, 2.45) is 0 Å². The Balaban J connectivity index is 1.67. The molecule has 0 unspecified atom stereocenters. The molecule has 0 bridgehead atoms. The molecule has 0 atom stereocenters. The van der Waals surface area contributed by atoms with Crippen LogP contribution in [0.15, 0.2) is 30.3 Å². The van der Waals surface area contributed by atoms with Crippen molar-refractivity contribution in [2.75, 3.05) is 6.54 Å². The molecule has 1 aliphatic carbocycles. The number of nitrogens with zero attached hydrogens (tertiary/aromatic N) is 1. The number of aryl methyl sites for hydroxylation is 2. The predicted molar refractivity (Wildman–Crippen MR) is 118 cm³/mol. The van der Waals surface area contributed by atoms with Crippen LogP contribution in [0.5, 0.6) is 0 Å². The summed E-state index contributed by atoms with van der Waals surface area (Å²) in [5.41, 5.74) is 5.57. The third kappa shape index (κ3) is 5.14. The number of unbranched alkanes of at least 4 members (excludes halogenated alkanes) is 2. The van der Waals surface area contributed by atoms with Crippen molar-refractivity contribution in [2.45, 2.75) is 84.6 Å². The lowest BCUT2D eigenvalue weighted by Gasteiger charge is -2.22. The Morgan fingerprint density at radius 2 is 1.79 bits per heavy atom. The number of aromatic nitrogens is 1. The standard InChI is InChI=1S/C25H36N2O/c1-4-5-7-10-21-13-15-23(16-14-21)27-19(2)17-24(20(27)3)25(28)18-26-22-11-8-6-9-12-22/h13-17,22,26H,4-12,18H2,1-3H3. The summed E-state index contributed by atoms with van der Waals surface area (Å²) < 4.78 is 2.21. The maximum absolute atomic E-state index is 12.8. The van der Waals surface area contributed by atoms with Crippen molar-refractivity contribution in [1.82, 2.24) is 9.88 Å². The van der Waals surface area contributed by atoms with E-state index in [-0.39, 0.29) is 5.78 Å². The summed E-state index contributed by atoms with van der Waals surface area (Å²) in [5, 5.41) is 3.49. The topological polar surface area (TPSA) is 34.0 Å². The van der Waals surface area contributed by atoms with Crippen LogP contribution in [-0.4, -0.2) is 22.9 Å². The van der Waals surface area contributed by atoms with Crippen LogP contribution in [-0.2, 0) is 6.42 Å². The summed E-state index contributed by atoms with van der Waals surface area (Å²) in [7, 11) is 0. The Kier molecular flexibility index (Phi) is 7.50. The van der Waals surface area contributed by atoms with Crippen molar-refractivity contribution in [3.8, 4) is 5.69 Å². The summed E-state index contributed by atoms with van der Waals surface area (Å²) in [6.07, 6.45) is 11.3. The van der Waals surface area contributed by atoms with E-state index in [9.17, 15) is 4.79 Å². The largest absolute Gasteiger partial charge is 0.318 e. The summed E-state index contributed by atoms with van der Waals surface area (Å²) >= 11 is 0. The van der Waals surface area contributed by atoms with Crippen LogP contribution in [0.1, 0.15) is 85.6 Å². The monoisotopic (exact) mass is 380 g/mol. The molecule has 3 nitrogen and oxygen atoms in total. The second-order valence-electron chi connectivity index (χ2n) is 8.38. The van der Waals surface area contributed by atoms with E-state index in [1.165, 1.54) is 56.9 Å². The predicted octanol–water partition coefficient (Wildman–Crippen LogP) is 5.93. The Hall–Kier alpha value is -1.87. The molecule has 0 radical (unpaired) electrons. The highest BCUT2D eigenvalue weighted by Gasteiger charge is 2.19. The summed E-state index contributed by atoms with van der Waals surface area (Å²) in [4.78, 5) is 12.8. The average Bonchev–Trinajstić information content (AvgIpc) is 3.02. The van der Waals surface area contributed by atoms with Gasteiger partial charge in [0, 0.05) is 28.7 Å². The number of Topliss-reactive ketones (excluding diaryl/α,β-unsaturated/α-hetero) is 1. The average molecular weight is 381 g/mol. The second-order valence-corrected chi connectivity index (χ2v) is 8.38. The van der Waals surface area contributed by atoms with Crippen LogP contribution in [0, 0.1) is 13.8 Å². The van der Waals surface area contributed by atoms with Gasteiger partial charge in [0.25, 0.3) is 0 Å². The van der Waals surface area contributed by atoms with Crippen LogP contribution >= 0.6 is 0 Å². The molecule has 3 rings (SSSR count). The maximum atomic E-state index is 12.8. The lowest BCUT2D eigenvalue weighted by molar-refractivity contribution is 0.0984. The molecule has 28 heavy (non-hydrogen) atoms. The van der Waals surface area contributed by atoms with Crippen molar-refractivity contribution in [1.29, 1.82) is 0 Å². The molecule has 0 saturated heterocycles. The lowest BCUT2D eigenvalue weighted by atomic mass is 9.95. The smallest absolute Gasteiger partial charge is 0.178 e. The molecule has 1 aromatic heterocycles. The number of nitrogens with one attached hydrogen (secondary N) is 1. The fourth-order valence-electron chi connectivity index (χ4n) is 4.47. The third-order valence-corrected chi connectivity index (χ3v) is 6.15. The van der Waals surface area contributed by atoms with Crippen molar-refractivity contribution in [3.63, 3.8) is 0 Å². The van der Waals surface area contributed by atoms with Crippen LogP contribution < -0.4 is 5.32 Å². The van der Waals surface area contributed by atoms with Crippen LogP contribution in [0.3, 0.4) is 0 Å². The minimum atomic E-state index is 0.209. The van der Waals surface area contributed by atoms with Gasteiger partial charge in [-0.15, -0.1) is 0 Å². The molecule has 0 aliphatic heterocycles. The van der Waals surface area contributed by atoms with Gasteiger partial charge in [-0.05, 0) is 63.3 Å². The Bertz CT molecular complexity index is 767. The van der Waals surface area contributed by atoms with Crippen molar-refractivity contribution in [3.05, 3.63) is 52.8 Å². The molecule has 1 aliphatic rings. The normalized spacial score (nSPS) is 15.1. The molecule has 152 valence electrons. The number of carbonyl (C=O) groups is 1. The summed E-state index contributed by atoms with van der Waals surface area (Å²) in [6, 6.07) is 11.4. The lowest BCUT2D eigenvalue weighted by Crippen LogP contribution is -2.35. The molecule has 1 saturated carbocycles.